The van der Waals surface area contributed by atoms with Gasteiger partial charge < -0.3 is 5.11 Å². The highest BCUT2D eigenvalue weighted by atomic mass is 79.9. The summed E-state index contributed by atoms with van der Waals surface area (Å²) in [6, 6.07) is 7.83. The lowest BCUT2D eigenvalue weighted by molar-refractivity contribution is 0.163. The Kier molecular flexibility index (Phi) is 6.30. The molecule has 0 spiro atoms. The van der Waals surface area contributed by atoms with Crippen LogP contribution in [0.4, 0.5) is 0 Å². The Balaban J connectivity index is 2.36. The van der Waals surface area contributed by atoms with Gasteiger partial charge in [-0.3, -0.25) is 0 Å². The molecule has 0 aromatic heterocycles. The molecule has 1 aromatic carbocycles. The smallest absolute Gasteiger partial charge is 0.0790 e. The van der Waals surface area contributed by atoms with E-state index in [1.54, 1.807) is 0 Å². The third-order valence-electron chi connectivity index (χ3n) is 2.34. The summed E-state index contributed by atoms with van der Waals surface area (Å²) in [5.41, 5.74) is 0.982. The highest BCUT2D eigenvalue weighted by molar-refractivity contribution is 9.10. The Morgan fingerprint density at radius 2 is 2.07 bits per heavy atom. The van der Waals surface area contributed by atoms with Crippen molar-refractivity contribution in [3.05, 3.63) is 34.3 Å². The predicted octanol–water partition coefficient (Wildman–Crippen LogP) is 4.28. The maximum Gasteiger partial charge on any atom is 0.0790 e. The van der Waals surface area contributed by atoms with Crippen LogP contribution in [-0.4, -0.2) is 11.0 Å². The molecule has 0 heterocycles. The molecule has 1 aromatic rings. The van der Waals surface area contributed by atoms with E-state index in [4.69, 9.17) is 11.6 Å². The Labute approximate surface area is 105 Å². The first-order valence-corrected chi connectivity index (χ1v) is 6.56. The van der Waals surface area contributed by atoms with Gasteiger partial charge >= 0.3 is 0 Å². The van der Waals surface area contributed by atoms with E-state index < -0.39 is 0 Å². The van der Waals surface area contributed by atoms with Gasteiger partial charge in [-0.25, -0.2) is 0 Å². The zero-order valence-corrected chi connectivity index (χ0v) is 11.0. The zero-order valence-electron chi connectivity index (χ0n) is 8.63. The lowest BCUT2D eigenvalue weighted by Crippen LogP contribution is -1.97. The molecule has 0 bridgehead atoms. The van der Waals surface area contributed by atoms with E-state index in [2.05, 4.69) is 15.9 Å². The second-order valence-electron chi connectivity index (χ2n) is 3.61. The second kappa shape index (κ2) is 7.26. The average Bonchev–Trinajstić information content (AvgIpc) is 2.24. The molecule has 0 saturated heterocycles. The molecule has 1 atom stereocenters. The molecule has 0 fully saturated rings. The number of hydrogen-bond donors (Lipinski definition) is 1. The van der Waals surface area contributed by atoms with Crippen molar-refractivity contribution in [1.29, 1.82) is 0 Å². The third kappa shape index (κ3) is 5.01. The van der Waals surface area contributed by atoms with Crippen molar-refractivity contribution in [3.8, 4) is 0 Å². The number of hydrogen-bond acceptors (Lipinski definition) is 1. The largest absolute Gasteiger partial charge is 0.388 e. The van der Waals surface area contributed by atoms with Crippen LogP contribution >= 0.6 is 27.5 Å². The fourth-order valence-electron chi connectivity index (χ4n) is 1.49. The molecule has 0 radical (unpaired) electrons. The summed E-state index contributed by atoms with van der Waals surface area (Å²) in [4.78, 5) is 0. The number of alkyl halides is 1. The van der Waals surface area contributed by atoms with E-state index in [0.717, 1.165) is 35.7 Å². The molecule has 0 aliphatic rings. The third-order valence-corrected chi connectivity index (χ3v) is 3.11. The molecule has 1 N–H and O–H groups in total. The molecule has 0 saturated carbocycles. The Morgan fingerprint density at radius 3 is 2.73 bits per heavy atom. The van der Waals surface area contributed by atoms with Crippen LogP contribution in [0.3, 0.4) is 0 Å². The van der Waals surface area contributed by atoms with E-state index >= 15 is 0 Å². The molecule has 0 amide bonds. The summed E-state index contributed by atoms with van der Waals surface area (Å²) in [5, 5.41) is 9.89. The molecule has 1 nitrogen and oxygen atoms in total. The minimum absolute atomic E-state index is 0.349. The maximum atomic E-state index is 9.89. The number of aliphatic hydroxyl groups excluding tert-OH is 1. The van der Waals surface area contributed by atoms with E-state index in [0.29, 0.717) is 5.88 Å². The molecule has 1 unspecified atom stereocenters. The van der Waals surface area contributed by atoms with Gasteiger partial charge in [0.25, 0.3) is 0 Å². The van der Waals surface area contributed by atoms with Gasteiger partial charge in [0.05, 0.1) is 6.10 Å². The summed E-state index contributed by atoms with van der Waals surface area (Å²) >= 11 is 8.98. The van der Waals surface area contributed by atoms with Crippen LogP contribution in [0, 0.1) is 0 Å². The van der Waals surface area contributed by atoms with Gasteiger partial charge in [-0.2, -0.15) is 0 Å². The highest BCUT2D eigenvalue weighted by Gasteiger charge is 2.06. The molecule has 15 heavy (non-hydrogen) atoms. The first kappa shape index (κ1) is 13.0. The minimum Gasteiger partial charge on any atom is -0.388 e. The maximum absolute atomic E-state index is 9.89. The van der Waals surface area contributed by atoms with Crippen LogP contribution in [0.5, 0.6) is 0 Å². The summed E-state index contributed by atoms with van der Waals surface area (Å²) in [6.07, 6.45) is 3.62. The number of rotatable bonds is 6. The van der Waals surface area contributed by atoms with Gasteiger partial charge in [0, 0.05) is 10.4 Å². The number of halogens is 2. The molecule has 0 aliphatic heterocycles. The molecule has 3 heteroatoms. The predicted molar refractivity (Wildman–Crippen MR) is 68.3 cm³/mol. The van der Waals surface area contributed by atoms with Crippen molar-refractivity contribution in [2.45, 2.75) is 31.8 Å². The van der Waals surface area contributed by atoms with Gasteiger partial charge in [0.15, 0.2) is 0 Å². The average molecular weight is 292 g/mol. The van der Waals surface area contributed by atoms with E-state index in [-0.39, 0.29) is 6.10 Å². The van der Waals surface area contributed by atoms with E-state index in [9.17, 15) is 5.11 Å². The lowest BCUT2D eigenvalue weighted by Gasteiger charge is -2.10. The molecular weight excluding hydrogens is 275 g/mol. The molecule has 84 valence electrons. The van der Waals surface area contributed by atoms with Gasteiger partial charge in [0.1, 0.15) is 0 Å². The monoisotopic (exact) mass is 290 g/mol. The van der Waals surface area contributed by atoms with Gasteiger partial charge in [0.2, 0.25) is 0 Å². The lowest BCUT2D eigenvalue weighted by atomic mass is 10.0. The van der Waals surface area contributed by atoms with Crippen molar-refractivity contribution < 1.29 is 5.11 Å². The minimum atomic E-state index is -0.349. The summed E-state index contributed by atoms with van der Waals surface area (Å²) in [7, 11) is 0. The standard InChI is InChI=1S/C12H16BrClO/c13-11-6-4-5-10(9-11)12(15)7-2-1-3-8-14/h4-6,9,12,15H,1-3,7-8H2. The zero-order chi connectivity index (χ0) is 11.1. The topological polar surface area (TPSA) is 20.2 Å². The van der Waals surface area contributed by atoms with Crippen LogP contribution in [-0.2, 0) is 0 Å². The molecule has 0 aliphatic carbocycles. The fraction of sp³-hybridized carbons (Fsp3) is 0.500. The van der Waals surface area contributed by atoms with Gasteiger partial charge in [-0.05, 0) is 30.5 Å². The van der Waals surface area contributed by atoms with Crippen molar-refractivity contribution in [3.63, 3.8) is 0 Å². The quantitative estimate of drug-likeness (QED) is 0.612. The van der Waals surface area contributed by atoms with Gasteiger partial charge in [-0.1, -0.05) is 40.9 Å². The Bertz CT molecular complexity index is 291. The second-order valence-corrected chi connectivity index (χ2v) is 4.90. The summed E-state index contributed by atoms with van der Waals surface area (Å²) < 4.78 is 1.01. The first-order valence-electron chi connectivity index (χ1n) is 5.23. The number of unbranched alkanes of at least 4 members (excludes halogenated alkanes) is 2. The molecular formula is C12H16BrClO. The highest BCUT2D eigenvalue weighted by Crippen LogP contribution is 2.22. The Hall–Kier alpha value is -0.0500. The van der Waals surface area contributed by atoms with Crippen LogP contribution in [0.15, 0.2) is 28.7 Å². The van der Waals surface area contributed by atoms with E-state index in [1.807, 2.05) is 24.3 Å². The number of aliphatic hydroxyl groups is 1. The van der Waals surface area contributed by atoms with Crippen molar-refractivity contribution in [1.82, 2.24) is 0 Å². The summed E-state index contributed by atoms with van der Waals surface area (Å²) in [6.45, 7) is 0. The Morgan fingerprint density at radius 1 is 1.27 bits per heavy atom. The van der Waals surface area contributed by atoms with Crippen LogP contribution in [0.1, 0.15) is 37.4 Å². The van der Waals surface area contributed by atoms with Crippen LogP contribution in [0.2, 0.25) is 0 Å². The first-order chi connectivity index (χ1) is 7.24. The van der Waals surface area contributed by atoms with Crippen molar-refractivity contribution in [2.24, 2.45) is 0 Å². The van der Waals surface area contributed by atoms with Crippen molar-refractivity contribution in [2.75, 3.05) is 5.88 Å². The van der Waals surface area contributed by atoms with Crippen molar-refractivity contribution >= 4 is 27.5 Å². The number of benzene rings is 1. The summed E-state index contributed by atoms with van der Waals surface area (Å²) in [5.74, 6) is 0.715. The van der Waals surface area contributed by atoms with E-state index in [1.165, 1.54) is 0 Å². The SMILES string of the molecule is OC(CCCCCCl)c1cccc(Br)c1. The van der Waals surface area contributed by atoms with Crippen LogP contribution < -0.4 is 0 Å². The molecule has 1 rings (SSSR count). The van der Waals surface area contributed by atoms with Crippen LogP contribution in [0.25, 0.3) is 0 Å². The van der Waals surface area contributed by atoms with Gasteiger partial charge in [-0.15, -0.1) is 11.6 Å². The normalized spacial score (nSPS) is 12.7. The fourth-order valence-corrected chi connectivity index (χ4v) is 2.10.